The van der Waals surface area contributed by atoms with E-state index >= 15 is 0 Å². The van der Waals surface area contributed by atoms with Crippen molar-refractivity contribution < 1.29 is 0 Å². The van der Waals surface area contributed by atoms with E-state index in [1.165, 1.54) is 5.56 Å². The van der Waals surface area contributed by atoms with Gasteiger partial charge in [0, 0.05) is 24.1 Å². The summed E-state index contributed by atoms with van der Waals surface area (Å²) in [5.74, 6) is 1.09. The van der Waals surface area contributed by atoms with Gasteiger partial charge in [-0.2, -0.15) is 0 Å². The number of hydrogen-bond acceptors (Lipinski definition) is 1. The van der Waals surface area contributed by atoms with Crippen molar-refractivity contribution in [3.05, 3.63) is 54.1 Å². The highest BCUT2D eigenvalue weighted by atomic mass is 79.9. The van der Waals surface area contributed by atoms with Crippen LogP contribution in [0.25, 0.3) is 0 Å². The fraction of sp³-hybridized carbons (Fsp3) is 0.308. The Bertz CT molecular complexity index is 357. The molecule has 0 unspecified atom stereocenters. The topological polar surface area (TPSA) is 28.7 Å². The molecule has 0 aliphatic carbocycles. The van der Waals surface area contributed by atoms with Crippen LogP contribution in [0.15, 0.2) is 42.7 Å². The van der Waals surface area contributed by atoms with Gasteiger partial charge >= 0.3 is 0 Å². The summed E-state index contributed by atoms with van der Waals surface area (Å²) in [6, 6.07) is 10.3. The van der Waals surface area contributed by atoms with Crippen LogP contribution >= 0.6 is 15.9 Å². The Morgan fingerprint density at radius 2 is 2.00 bits per heavy atom. The Morgan fingerprint density at radius 3 is 2.44 bits per heavy atom. The molecule has 16 heavy (non-hydrogen) atoms. The van der Waals surface area contributed by atoms with Crippen molar-refractivity contribution >= 4 is 15.9 Å². The minimum atomic E-state index is 0.952. The number of H-pyrrole nitrogens is 1. The van der Waals surface area contributed by atoms with Gasteiger partial charge in [-0.15, -0.1) is 0 Å². The number of nitrogens with one attached hydrogen (secondary N) is 1. The van der Waals surface area contributed by atoms with Gasteiger partial charge in [0.15, 0.2) is 0 Å². The molecule has 0 aliphatic heterocycles. The molecule has 3 heteroatoms. The number of imidazole rings is 1. The molecule has 2 aromatic rings. The lowest BCUT2D eigenvalue weighted by Crippen LogP contribution is -1.83. The van der Waals surface area contributed by atoms with Gasteiger partial charge in [-0.05, 0) is 12.0 Å². The van der Waals surface area contributed by atoms with Gasteiger partial charge < -0.3 is 4.98 Å². The van der Waals surface area contributed by atoms with Crippen LogP contribution in [0.2, 0.25) is 0 Å². The number of alkyl halides is 1. The first-order chi connectivity index (χ1) is 7.86. The molecular formula is C13H17BrN2. The van der Waals surface area contributed by atoms with Crippen LogP contribution in [0.3, 0.4) is 0 Å². The van der Waals surface area contributed by atoms with Crippen molar-refractivity contribution in [1.29, 1.82) is 0 Å². The van der Waals surface area contributed by atoms with Crippen molar-refractivity contribution in [2.45, 2.75) is 25.1 Å². The summed E-state index contributed by atoms with van der Waals surface area (Å²) in [5, 5.41) is 0.952. The molecule has 1 aromatic heterocycles. The molecule has 1 heterocycles. The Hall–Kier alpha value is -1.09. The summed E-state index contributed by atoms with van der Waals surface area (Å²) in [6.45, 7) is 2.14. The molecule has 1 aromatic carbocycles. The number of aryl methyl sites for hydroxylation is 1. The van der Waals surface area contributed by atoms with Crippen LogP contribution in [-0.4, -0.2) is 9.97 Å². The summed E-state index contributed by atoms with van der Waals surface area (Å²) in [6.07, 6.45) is 5.86. The van der Waals surface area contributed by atoms with Crippen molar-refractivity contribution in [1.82, 2.24) is 9.97 Å². The maximum absolute atomic E-state index is 4.05. The first-order valence-corrected chi connectivity index (χ1v) is 6.57. The summed E-state index contributed by atoms with van der Waals surface area (Å²) in [5.41, 5.74) is 1.33. The molecule has 0 radical (unpaired) electrons. The Kier molecular flexibility index (Phi) is 6.58. The maximum atomic E-state index is 4.05. The monoisotopic (exact) mass is 280 g/mol. The Morgan fingerprint density at radius 1 is 1.25 bits per heavy atom. The third-order valence-corrected chi connectivity index (χ3v) is 2.69. The molecule has 0 atom stereocenters. The zero-order valence-corrected chi connectivity index (χ0v) is 11.1. The van der Waals surface area contributed by atoms with Crippen LogP contribution in [-0.2, 0) is 11.8 Å². The lowest BCUT2D eigenvalue weighted by Gasteiger charge is -1.88. The van der Waals surface area contributed by atoms with Crippen LogP contribution in [0, 0.1) is 0 Å². The number of aromatic amines is 1. The summed E-state index contributed by atoms with van der Waals surface area (Å²) < 4.78 is 0. The molecule has 0 fully saturated rings. The third-order valence-electron chi connectivity index (χ3n) is 2.04. The molecular weight excluding hydrogens is 264 g/mol. The normalized spacial score (nSPS) is 9.38. The average molecular weight is 281 g/mol. The van der Waals surface area contributed by atoms with E-state index in [2.05, 4.69) is 45.0 Å². The predicted octanol–water partition coefficient (Wildman–Crippen LogP) is 3.94. The van der Waals surface area contributed by atoms with E-state index < -0.39 is 0 Å². The zero-order valence-electron chi connectivity index (χ0n) is 9.49. The minimum Gasteiger partial charge on any atom is -0.349 e. The molecule has 0 amide bonds. The first-order valence-electron chi connectivity index (χ1n) is 5.45. The summed E-state index contributed by atoms with van der Waals surface area (Å²) >= 11 is 3.36. The van der Waals surface area contributed by atoms with E-state index in [1.807, 2.05) is 24.4 Å². The number of nitrogens with zero attached hydrogens (tertiary/aromatic N) is 1. The van der Waals surface area contributed by atoms with Gasteiger partial charge in [0.25, 0.3) is 0 Å². The molecule has 0 saturated heterocycles. The van der Waals surface area contributed by atoms with Crippen LogP contribution < -0.4 is 0 Å². The van der Waals surface area contributed by atoms with Crippen LogP contribution in [0.4, 0.5) is 0 Å². The summed E-state index contributed by atoms with van der Waals surface area (Å²) in [7, 11) is 0. The van der Waals surface area contributed by atoms with Crippen LogP contribution in [0.5, 0.6) is 0 Å². The second kappa shape index (κ2) is 8.11. The van der Waals surface area contributed by atoms with Crippen molar-refractivity contribution in [3.63, 3.8) is 0 Å². The van der Waals surface area contributed by atoms with Crippen molar-refractivity contribution in [3.8, 4) is 0 Å². The lowest BCUT2D eigenvalue weighted by molar-refractivity contribution is 0.856. The van der Waals surface area contributed by atoms with E-state index in [0.29, 0.717) is 0 Å². The highest BCUT2D eigenvalue weighted by Gasteiger charge is 1.87. The van der Waals surface area contributed by atoms with E-state index in [-0.39, 0.29) is 0 Å². The van der Waals surface area contributed by atoms with Gasteiger partial charge in [0.05, 0.1) is 0 Å². The van der Waals surface area contributed by atoms with Gasteiger partial charge in [-0.1, -0.05) is 53.2 Å². The van der Waals surface area contributed by atoms with Crippen molar-refractivity contribution in [2.24, 2.45) is 0 Å². The molecule has 86 valence electrons. The lowest BCUT2D eigenvalue weighted by atomic mass is 10.2. The molecule has 0 bridgehead atoms. The second-order valence-corrected chi connectivity index (χ2v) is 3.97. The SMILES string of the molecule is BrCc1ccccc1.CCCc1ncc[nH]1. The highest BCUT2D eigenvalue weighted by Crippen LogP contribution is 2.02. The quantitative estimate of drug-likeness (QED) is 0.848. The first kappa shape index (κ1) is 13.0. The number of hydrogen-bond donors (Lipinski definition) is 1. The van der Waals surface area contributed by atoms with E-state index in [9.17, 15) is 0 Å². The largest absolute Gasteiger partial charge is 0.349 e. The third kappa shape index (κ3) is 5.12. The van der Waals surface area contributed by atoms with E-state index in [4.69, 9.17) is 0 Å². The van der Waals surface area contributed by atoms with Gasteiger partial charge in [-0.25, -0.2) is 4.98 Å². The molecule has 0 aliphatic rings. The smallest absolute Gasteiger partial charge is 0.105 e. The Balaban J connectivity index is 0.000000160. The number of rotatable bonds is 3. The number of benzene rings is 1. The zero-order chi connectivity index (χ0) is 11.6. The fourth-order valence-corrected chi connectivity index (χ4v) is 1.61. The standard InChI is InChI=1S/C7H7Br.C6H10N2/c8-6-7-4-2-1-3-5-7;1-2-3-6-7-4-5-8-6/h1-5H,6H2;4-5H,2-3H2,1H3,(H,7,8). The van der Waals surface area contributed by atoms with E-state index in [1.54, 1.807) is 6.20 Å². The van der Waals surface area contributed by atoms with E-state index in [0.717, 1.165) is 24.0 Å². The minimum absolute atomic E-state index is 0.952. The molecule has 0 saturated carbocycles. The molecule has 1 N–H and O–H groups in total. The number of halogens is 1. The molecule has 2 nitrogen and oxygen atoms in total. The predicted molar refractivity (Wildman–Crippen MR) is 71.7 cm³/mol. The summed E-state index contributed by atoms with van der Waals surface area (Å²) in [4.78, 5) is 7.08. The van der Waals surface area contributed by atoms with Crippen molar-refractivity contribution in [2.75, 3.05) is 0 Å². The molecule has 0 spiro atoms. The molecule has 2 rings (SSSR count). The average Bonchev–Trinajstić information content (AvgIpc) is 2.84. The highest BCUT2D eigenvalue weighted by molar-refractivity contribution is 9.08. The van der Waals surface area contributed by atoms with Gasteiger partial charge in [-0.3, -0.25) is 0 Å². The van der Waals surface area contributed by atoms with Crippen LogP contribution in [0.1, 0.15) is 24.7 Å². The number of aromatic nitrogens is 2. The second-order valence-electron chi connectivity index (χ2n) is 3.41. The maximum Gasteiger partial charge on any atom is 0.105 e. The van der Waals surface area contributed by atoms with Gasteiger partial charge in [0.1, 0.15) is 5.82 Å². The Labute approximate surface area is 105 Å². The van der Waals surface area contributed by atoms with Gasteiger partial charge in [0.2, 0.25) is 0 Å². The fourth-order valence-electron chi connectivity index (χ4n) is 1.24.